The van der Waals surface area contributed by atoms with Crippen molar-refractivity contribution in [2.24, 2.45) is 11.3 Å². The van der Waals surface area contributed by atoms with Crippen molar-refractivity contribution in [2.75, 3.05) is 5.32 Å². The van der Waals surface area contributed by atoms with E-state index in [9.17, 15) is 9.90 Å². The lowest BCUT2D eigenvalue weighted by atomic mass is 9.57. The molecule has 3 N–H and O–H groups in total. The molecule has 164 valence electrons. The van der Waals surface area contributed by atoms with Crippen molar-refractivity contribution in [2.45, 2.75) is 72.8 Å². The quantitative estimate of drug-likeness (QED) is 0.440. The summed E-state index contributed by atoms with van der Waals surface area (Å²) in [6.07, 6.45) is 1.04. The van der Waals surface area contributed by atoms with Gasteiger partial charge in [-0.25, -0.2) is 4.79 Å². The van der Waals surface area contributed by atoms with E-state index >= 15 is 0 Å². The van der Waals surface area contributed by atoms with Gasteiger partial charge in [-0.1, -0.05) is 65.8 Å². The minimum Gasteiger partial charge on any atom is -0.508 e. The van der Waals surface area contributed by atoms with Gasteiger partial charge in [0.1, 0.15) is 5.75 Å². The van der Waals surface area contributed by atoms with Crippen molar-refractivity contribution in [1.29, 1.82) is 0 Å². The zero-order valence-corrected chi connectivity index (χ0v) is 19.8. The van der Waals surface area contributed by atoms with Crippen LogP contribution in [0.25, 0.3) is 0 Å². The minimum atomic E-state index is -0.548. The summed E-state index contributed by atoms with van der Waals surface area (Å²) >= 11 is 0. The van der Waals surface area contributed by atoms with E-state index in [1.807, 2.05) is 13.8 Å². The first kappa shape index (κ1) is 23.8. The maximum absolute atomic E-state index is 12.6. The fourth-order valence-corrected chi connectivity index (χ4v) is 3.98. The predicted octanol–water partition coefficient (Wildman–Crippen LogP) is 6.80. The van der Waals surface area contributed by atoms with Gasteiger partial charge in [0.05, 0.1) is 5.54 Å². The first-order valence-electron chi connectivity index (χ1n) is 10.8. The van der Waals surface area contributed by atoms with Crippen molar-refractivity contribution in [3.8, 4) is 5.75 Å². The van der Waals surface area contributed by atoms with Gasteiger partial charge in [0.2, 0.25) is 0 Å². The molecule has 4 heteroatoms. The number of nitrogens with one attached hydrogen (secondary N) is 2. The number of carbonyl (C=O) groups is 1. The molecule has 0 radical (unpaired) electrons. The maximum atomic E-state index is 12.6. The largest absolute Gasteiger partial charge is 0.508 e. The summed E-state index contributed by atoms with van der Waals surface area (Å²) in [6, 6.07) is 14.8. The van der Waals surface area contributed by atoms with Crippen LogP contribution in [-0.2, 0) is 11.0 Å². The van der Waals surface area contributed by atoms with E-state index in [4.69, 9.17) is 0 Å². The Labute approximate surface area is 182 Å². The number of urea groups is 1. The molecule has 30 heavy (non-hydrogen) atoms. The van der Waals surface area contributed by atoms with E-state index in [2.05, 4.69) is 76.4 Å². The SMILES string of the molecule is CC[C@](C)(c1cccc(C(C)(C)NC(=O)Nc2ccc(O)cc2)c1)C(C)(C)C(C)C. The molecule has 0 spiro atoms. The first-order valence-corrected chi connectivity index (χ1v) is 10.8. The number of phenolic OH excluding ortho intramolecular Hbond substituents is 1. The number of phenols is 1. The third-order valence-corrected chi connectivity index (χ3v) is 7.35. The van der Waals surface area contributed by atoms with Crippen molar-refractivity contribution in [1.82, 2.24) is 5.32 Å². The van der Waals surface area contributed by atoms with Crippen molar-refractivity contribution in [3.63, 3.8) is 0 Å². The number of carbonyl (C=O) groups excluding carboxylic acids is 1. The van der Waals surface area contributed by atoms with Crippen LogP contribution in [0.15, 0.2) is 48.5 Å². The van der Waals surface area contributed by atoms with Crippen LogP contribution in [0, 0.1) is 11.3 Å². The van der Waals surface area contributed by atoms with Gasteiger partial charge in [-0.2, -0.15) is 0 Å². The molecular formula is C26H38N2O2. The van der Waals surface area contributed by atoms with Crippen molar-refractivity contribution >= 4 is 11.7 Å². The van der Waals surface area contributed by atoms with Gasteiger partial charge in [-0.15, -0.1) is 0 Å². The molecule has 0 heterocycles. The highest BCUT2D eigenvalue weighted by atomic mass is 16.3. The molecule has 1 atom stereocenters. The van der Waals surface area contributed by atoms with Crippen LogP contribution in [0.1, 0.15) is 72.9 Å². The van der Waals surface area contributed by atoms with E-state index < -0.39 is 5.54 Å². The molecule has 0 aliphatic rings. The molecule has 0 saturated heterocycles. The van der Waals surface area contributed by atoms with E-state index in [1.165, 1.54) is 5.56 Å². The summed E-state index contributed by atoms with van der Waals surface area (Å²) in [6.45, 7) is 17.9. The maximum Gasteiger partial charge on any atom is 0.319 e. The summed E-state index contributed by atoms with van der Waals surface area (Å²) in [7, 11) is 0. The van der Waals surface area contributed by atoms with Crippen molar-refractivity contribution in [3.05, 3.63) is 59.7 Å². The molecule has 2 aromatic carbocycles. The van der Waals surface area contributed by atoms with Crippen LogP contribution >= 0.6 is 0 Å². The normalized spacial score (nSPS) is 14.3. The van der Waals surface area contributed by atoms with Gasteiger partial charge in [0, 0.05) is 5.69 Å². The van der Waals surface area contributed by atoms with Gasteiger partial charge >= 0.3 is 6.03 Å². The topological polar surface area (TPSA) is 61.4 Å². The second-order valence-electron chi connectivity index (χ2n) is 9.89. The van der Waals surface area contributed by atoms with Crippen LogP contribution in [0.4, 0.5) is 10.5 Å². The lowest BCUT2D eigenvalue weighted by Crippen LogP contribution is -2.44. The summed E-state index contributed by atoms with van der Waals surface area (Å²) in [4.78, 5) is 12.6. The number of rotatable bonds is 7. The van der Waals surface area contributed by atoms with Crippen LogP contribution in [0.3, 0.4) is 0 Å². The third kappa shape index (κ3) is 4.80. The van der Waals surface area contributed by atoms with Gasteiger partial charge < -0.3 is 15.7 Å². The fourth-order valence-electron chi connectivity index (χ4n) is 3.98. The van der Waals surface area contributed by atoms with Crippen LogP contribution in [0.2, 0.25) is 0 Å². The van der Waals surface area contributed by atoms with E-state index in [1.54, 1.807) is 24.3 Å². The second-order valence-corrected chi connectivity index (χ2v) is 9.89. The Hall–Kier alpha value is -2.49. The molecule has 0 aliphatic heterocycles. The lowest BCUT2D eigenvalue weighted by molar-refractivity contribution is 0.106. The fraction of sp³-hybridized carbons (Fsp3) is 0.500. The molecular weight excluding hydrogens is 372 g/mol. The first-order chi connectivity index (χ1) is 13.8. The summed E-state index contributed by atoms with van der Waals surface area (Å²) in [5.74, 6) is 0.703. The van der Waals surface area contributed by atoms with Crippen molar-refractivity contribution < 1.29 is 9.90 Å². The van der Waals surface area contributed by atoms with Gasteiger partial charge in [-0.3, -0.25) is 0 Å². The Morgan fingerprint density at radius 1 is 0.967 bits per heavy atom. The molecule has 2 amide bonds. The number of amides is 2. The highest BCUT2D eigenvalue weighted by Gasteiger charge is 2.43. The van der Waals surface area contributed by atoms with Gasteiger partial charge in [0.15, 0.2) is 0 Å². The Morgan fingerprint density at radius 3 is 2.07 bits per heavy atom. The molecule has 0 aliphatic carbocycles. The number of anilines is 1. The Morgan fingerprint density at radius 2 is 1.53 bits per heavy atom. The number of hydrogen-bond acceptors (Lipinski definition) is 2. The monoisotopic (exact) mass is 410 g/mol. The summed E-state index contributed by atoms with van der Waals surface area (Å²) in [5, 5.41) is 15.3. The standard InChI is InChI=1S/C26H38N2O2/c1-9-26(8,24(4,5)18(2)3)20-12-10-11-19(17-20)25(6,7)28-23(30)27-21-13-15-22(29)16-14-21/h10-18,29H,9H2,1-8H3,(H2,27,28,30)/t26-/m1/s1. The number of hydrogen-bond donors (Lipinski definition) is 3. The average molecular weight is 411 g/mol. The molecule has 4 nitrogen and oxygen atoms in total. The molecule has 0 aromatic heterocycles. The summed E-state index contributed by atoms with van der Waals surface area (Å²) in [5.41, 5.74) is 2.59. The van der Waals surface area contributed by atoms with Gasteiger partial charge in [-0.05, 0) is 72.4 Å². The highest BCUT2D eigenvalue weighted by molar-refractivity contribution is 5.89. The Balaban J connectivity index is 2.28. The predicted molar refractivity (Wildman–Crippen MR) is 126 cm³/mol. The van der Waals surface area contributed by atoms with Crippen LogP contribution < -0.4 is 10.6 Å². The van der Waals surface area contributed by atoms with Gasteiger partial charge in [0.25, 0.3) is 0 Å². The molecule has 2 rings (SSSR count). The molecule has 0 saturated carbocycles. The number of aromatic hydroxyl groups is 1. The van der Waals surface area contributed by atoms with Crippen LogP contribution in [0.5, 0.6) is 5.75 Å². The zero-order chi connectivity index (χ0) is 22.7. The van der Waals surface area contributed by atoms with Crippen LogP contribution in [-0.4, -0.2) is 11.1 Å². The number of benzene rings is 2. The summed E-state index contributed by atoms with van der Waals surface area (Å²) < 4.78 is 0. The smallest absolute Gasteiger partial charge is 0.319 e. The molecule has 0 unspecified atom stereocenters. The molecule has 0 fully saturated rings. The Bertz CT molecular complexity index is 869. The van der Waals surface area contributed by atoms with E-state index in [-0.39, 0.29) is 22.6 Å². The highest BCUT2D eigenvalue weighted by Crippen LogP contribution is 2.49. The lowest BCUT2D eigenvalue weighted by Gasteiger charge is -2.48. The molecule has 2 aromatic rings. The minimum absolute atomic E-state index is 0.0154. The third-order valence-electron chi connectivity index (χ3n) is 7.35. The Kier molecular flexibility index (Phi) is 6.90. The molecule has 0 bridgehead atoms. The second kappa shape index (κ2) is 8.71. The van der Waals surface area contributed by atoms with E-state index in [0.717, 1.165) is 12.0 Å². The average Bonchev–Trinajstić information content (AvgIpc) is 2.68. The zero-order valence-electron chi connectivity index (χ0n) is 19.8. The van der Waals surface area contributed by atoms with E-state index in [0.29, 0.717) is 11.6 Å².